The zero-order chi connectivity index (χ0) is 22.0. The third kappa shape index (κ3) is 3.93. The van der Waals surface area contributed by atoms with E-state index in [1.54, 1.807) is 26.0 Å². The molecule has 1 saturated heterocycles. The van der Waals surface area contributed by atoms with Crippen LogP contribution in [0.15, 0.2) is 53.5 Å². The van der Waals surface area contributed by atoms with Gasteiger partial charge in [-0.2, -0.15) is 0 Å². The van der Waals surface area contributed by atoms with Crippen LogP contribution in [0, 0.1) is 0 Å². The quantitative estimate of drug-likeness (QED) is 0.801. The molecule has 2 aromatic carbocycles. The standard InChI is InChI=1S/C23H26N4O4/c1-15-22(28)27(16-8-5-4-6-9-16)25-21(24-15)23(29)26-13-7-10-19(26)18-14-17(30-2)11-12-20(18)31-3/h4-6,8-9,11-12,14-15,19H,7,10,13H2,1-3H3,(H,24,25)/t15-,19+/m1/s1. The van der Waals surface area contributed by atoms with E-state index in [0.717, 1.165) is 18.4 Å². The number of rotatable bonds is 5. The Hall–Kier alpha value is -3.55. The summed E-state index contributed by atoms with van der Waals surface area (Å²) >= 11 is 0. The van der Waals surface area contributed by atoms with Gasteiger partial charge >= 0.3 is 0 Å². The highest BCUT2D eigenvalue weighted by Crippen LogP contribution is 2.39. The van der Waals surface area contributed by atoms with E-state index in [4.69, 9.17) is 9.47 Å². The summed E-state index contributed by atoms with van der Waals surface area (Å²) in [5.74, 6) is 1.11. The minimum absolute atomic E-state index is 0.157. The Labute approximate surface area is 181 Å². The Morgan fingerprint density at radius 1 is 1.13 bits per heavy atom. The fraction of sp³-hybridized carbons (Fsp3) is 0.348. The molecule has 0 saturated carbocycles. The summed E-state index contributed by atoms with van der Waals surface area (Å²) in [5, 5.41) is 1.39. The summed E-state index contributed by atoms with van der Waals surface area (Å²) in [6.45, 7) is 2.29. The van der Waals surface area contributed by atoms with Crippen LogP contribution in [-0.2, 0) is 9.59 Å². The lowest BCUT2D eigenvalue weighted by Crippen LogP contribution is -2.58. The van der Waals surface area contributed by atoms with Crippen LogP contribution in [0.4, 0.5) is 5.69 Å². The number of hydrogen-bond acceptors (Lipinski definition) is 6. The molecule has 2 heterocycles. The van der Waals surface area contributed by atoms with Crippen LogP contribution in [0.25, 0.3) is 0 Å². The third-order valence-corrected chi connectivity index (χ3v) is 5.64. The van der Waals surface area contributed by atoms with E-state index in [9.17, 15) is 9.59 Å². The number of hydrazine groups is 1. The molecular formula is C23H26N4O4. The fourth-order valence-electron chi connectivity index (χ4n) is 4.07. The summed E-state index contributed by atoms with van der Waals surface area (Å²) in [7, 11) is 3.23. The highest BCUT2D eigenvalue weighted by molar-refractivity contribution is 6.39. The first kappa shape index (κ1) is 20.7. The molecule has 8 nitrogen and oxygen atoms in total. The first-order valence-corrected chi connectivity index (χ1v) is 10.3. The molecule has 2 aliphatic rings. The van der Waals surface area contributed by atoms with Crippen molar-refractivity contribution < 1.29 is 19.1 Å². The predicted molar refractivity (Wildman–Crippen MR) is 117 cm³/mol. The molecule has 0 aromatic heterocycles. The number of aliphatic imine (C=N–C) groups is 1. The topological polar surface area (TPSA) is 83.5 Å². The number of nitrogens with zero attached hydrogens (tertiary/aromatic N) is 3. The van der Waals surface area contributed by atoms with Crippen molar-refractivity contribution in [1.29, 1.82) is 0 Å². The Bertz CT molecular complexity index is 1010. The van der Waals surface area contributed by atoms with Crippen molar-refractivity contribution in [3.8, 4) is 11.5 Å². The zero-order valence-corrected chi connectivity index (χ0v) is 17.9. The van der Waals surface area contributed by atoms with Gasteiger partial charge in [-0.25, -0.2) is 10.0 Å². The Kier molecular flexibility index (Phi) is 5.79. The minimum Gasteiger partial charge on any atom is -0.497 e. The van der Waals surface area contributed by atoms with E-state index in [2.05, 4.69) is 10.4 Å². The second-order valence-electron chi connectivity index (χ2n) is 7.54. The van der Waals surface area contributed by atoms with Crippen LogP contribution in [0.2, 0.25) is 0 Å². The molecule has 0 aliphatic carbocycles. The van der Waals surface area contributed by atoms with E-state index in [1.165, 1.54) is 5.01 Å². The monoisotopic (exact) mass is 422 g/mol. The number of ether oxygens (including phenoxy) is 2. The number of para-hydroxylation sites is 1. The number of amides is 2. The molecule has 1 N–H and O–H groups in total. The van der Waals surface area contributed by atoms with Crippen LogP contribution >= 0.6 is 0 Å². The summed E-state index contributed by atoms with van der Waals surface area (Å²) < 4.78 is 10.9. The lowest BCUT2D eigenvalue weighted by atomic mass is 10.0. The number of nitrogens with one attached hydrogen (secondary N) is 1. The maximum Gasteiger partial charge on any atom is 0.291 e. The highest BCUT2D eigenvalue weighted by Gasteiger charge is 2.38. The molecule has 31 heavy (non-hydrogen) atoms. The van der Waals surface area contributed by atoms with Gasteiger partial charge in [-0.15, -0.1) is 0 Å². The summed E-state index contributed by atoms with van der Waals surface area (Å²) in [6.07, 6.45) is 1.67. The molecule has 0 spiro atoms. The Morgan fingerprint density at radius 2 is 1.90 bits per heavy atom. The number of hydrogen-bond donors (Lipinski definition) is 1. The second kappa shape index (κ2) is 8.67. The van der Waals surface area contributed by atoms with Crippen molar-refractivity contribution in [2.24, 2.45) is 4.99 Å². The summed E-state index contributed by atoms with van der Waals surface area (Å²) in [6, 6.07) is 13.9. The molecule has 2 atom stereocenters. The van der Waals surface area contributed by atoms with E-state index < -0.39 is 6.04 Å². The van der Waals surface area contributed by atoms with E-state index in [1.807, 2.05) is 48.5 Å². The van der Waals surface area contributed by atoms with Crippen LogP contribution < -0.4 is 19.9 Å². The normalized spacial score (nSPS) is 20.9. The summed E-state index contributed by atoms with van der Waals surface area (Å²) in [5.41, 5.74) is 4.49. The highest BCUT2D eigenvalue weighted by atomic mass is 16.5. The van der Waals surface area contributed by atoms with Crippen molar-refractivity contribution in [3.05, 3.63) is 54.1 Å². The minimum atomic E-state index is -0.659. The van der Waals surface area contributed by atoms with Crippen molar-refractivity contribution in [2.75, 3.05) is 25.8 Å². The largest absolute Gasteiger partial charge is 0.497 e. The van der Waals surface area contributed by atoms with Crippen LogP contribution in [-0.4, -0.2) is 49.4 Å². The van der Waals surface area contributed by atoms with E-state index in [-0.39, 0.29) is 23.7 Å². The van der Waals surface area contributed by atoms with Gasteiger partial charge in [0.05, 0.1) is 25.9 Å². The second-order valence-corrected chi connectivity index (χ2v) is 7.54. The van der Waals surface area contributed by atoms with E-state index >= 15 is 0 Å². The number of carbonyl (C=O) groups is 2. The van der Waals surface area contributed by atoms with Gasteiger partial charge in [0, 0.05) is 12.1 Å². The molecule has 0 bridgehead atoms. The van der Waals surface area contributed by atoms with Gasteiger partial charge in [0.2, 0.25) is 5.84 Å². The van der Waals surface area contributed by atoms with Gasteiger partial charge in [-0.3, -0.25) is 15.0 Å². The zero-order valence-electron chi connectivity index (χ0n) is 17.9. The third-order valence-electron chi connectivity index (χ3n) is 5.64. The fourth-order valence-corrected chi connectivity index (χ4v) is 4.07. The molecule has 2 amide bonds. The number of anilines is 1. The van der Waals surface area contributed by atoms with Crippen LogP contribution in [0.1, 0.15) is 31.4 Å². The van der Waals surface area contributed by atoms with Crippen molar-refractivity contribution >= 4 is 23.3 Å². The van der Waals surface area contributed by atoms with Gasteiger partial charge in [0.1, 0.15) is 17.5 Å². The molecule has 2 aliphatic heterocycles. The van der Waals surface area contributed by atoms with Crippen molar-refractivity contribution in [2.45, 2.75) is 31.8 Å². The van der Waals surface area contributed by atoms with E-state index in [0.29, 0.717) is 23.7 Å². The Morgan fingerprint density at radius 3 is 2.61 bits per heavy atom. The average Bonchev–Trinajstić information content (AvgIpc) is 3.30. The first-order chi connectivity index (χ1) is 15.0. The number of amidine groups is 1. The van der Waals surface area contributed by atoms with Gasteiger partial charge in [-0.05, 0) is 50.1 Å². The lowest BCUT2D eigenvalue weighted by molar-refractivity contribution is -0.125. The predicted octanol–water partition coefficient (Wildman–Crippen LogP) is 2.71. The van der Waals surface area contributed by atoms with Gasteiger partial charge in [-0.1, -0.05) is 18.2 Å². The lowest BCUT2D eigenvalue weighted by Gasteiger charge is -2.33. The average molecular weight is 422 g/mol. The molecule has 0 unspecified atom stereocenters. The van der Waals surface area contributed by atoms with Crippen LogP contribution in [0.5, 0.6) is 11.5 Å². The molecule has 2 aromatic rings. The maximum absolute atomic E-state index is 13.5. The molecule has 4 rings (SSSR count). The van der Waals surface area contributed by atoms with Gasteiger partial charge in [0.25, 0.3) is 11.8 Å². The molecule has 1 fully saturated rings. The molecule has 0 radical (unpaired) electrons. The van der Waals surface area contributed by atoms with Gasteiger partial charge in [0.15, 0.2) is 0 Å². The Balaban J connectivity index is 1.63. The number of methoxy groups -OCH3 is 2. The van der Waals surface area contributed by atoms with Crippen LogP contribution in [0.3, 0.4) is 0 Å². The molecule has 162 valence electrons. The first-order valence-electron chi connectivity index (χ1n) is 10.3. The van der Waals surface area contributed by atoms with Crippen molar-refractivity contribution in [1.82, 2.24) is 10.3 Å². The molecular weight excluding hydrogens is 396 g/mol. The number of likely N-dealkylation sites (tertiary alicyclic amines) is 1. The number of benzene rings is 2. The number of carbonyl (C=O) groups excluding carboxylic acids is 2. The molecule has 8 heteroatoms. The van der Waals surface area contributed by atoms with Gasteiger partial charge < -0.3 is 14.4 Å². The van der Waals surface area contributed by atoms with Crippen molar-refractivity contribution in [3.63, 3.8) is 0 Å². The SMILES string of the molecule is COc1ccc(OC)c([C@@H]2CCCN2C(=O)C2=N[C@H](C)C(=O)N(c3ccccc3)N2)c1. The smallest absolute Gasteiger partial charge is 0.291 e. The summed E-state index contributed by atoms with van der Waals surface area (Å²) in [4.78, 5) is 32.3. The maximum atomic E-state index is 13.5.